The number of fused-ring (bicyclic) bond motifs is 2. The minimum absolute atomic E-state index is 0.0178. The highest BCUT2D eigenvalue weighted by atomic mass is 32.1. The number of hydrogen-bond acceptors (Lipinski definition) is 6. The second-order valence-corrected chi connectivity index (χ2v) is 6.34. The molecule has 1 aliphatic rings. The Balaban J connectivity index is 2.09. The molecule has 1 amide bonds. The molecule has 0 radical (unpaired) electrons. The average Bonchev–Trinajstić information content (AvgIpc) is 3.15. The Bertz CT molecular complexity index is 852. The summed E-state index contributed by atoms with van der Waals surface area (Å²) < 4.78 is 18.1. The van der Waals surface area contributed by atoms with E-state index in [0.717, 1.165) is 23.1 Å². The SMILES string of the molecule is CCCCC(=O)N=c1sc2cc3c(cc2n1CC(=O)OC)OCO3. The summed E-state index contributed by atoms with van der Waals surface area (Å²) in [7, 11) is 1.33. The van der Waals surface area contributed by atoms with Crippen LogP contribution in [0, 0.1) is 0 Å². The normalized spacial score (nSPS) is 13.5. The van der Waals surface area contributed by atoms with Gasteiger partial charge in [0.2, 0.25) is 12.7 Å². The van der Waals surface area contributed by atoms with Crippen molar-refractivity contribution in [3.8, 4) is 11.5 Å². The lowest BCUT2D eigenvalue weighted by Gasteiger charge is -2.04. The molecule has 0 atom stereocenters. The van der Waals surface area contributed by atoms with E-state index >= 15 is 0 Å². The van der Waals surface area contributed by atoms with Crippen LogP contribution in [-0.4, -0.2) is 30.3 Å². The summed E-state index contributed by atoms with van der Waals surface area (Å²) in [6.07, 6.45) is 2.11. The molecule has 3 rings (SSSR count). The maximum atomic E-state index is 12.0. The maximum absolute atomic E-state index is 12.0. The third-order valence-electron chi connectivity index (χ3n) is 3.66. The van der Waals surface area contributed by atoms with Crippen molar-refractivity contribution in [1.29, 1.82) is 0 Å². The third-order valence-corrected chi connectivity index (χ3v) is 4.70. The minimum atomic E-state index is -0.408. The van der Waals surface area contributed by atoms with Crippen LogP contribution in [0.3, 0.4) is 0 Å². The van der Waals surface area contributed by atoms with E-state index in [0.29, 0.717) is 22.7 Å². The number of benzene rings is 1. The van der Waals surface area contributed by atoms with Gasteiger partial charge in [-0.2, -0.15) is 4.99 Å². The van der Waals surface area contributed by atoms with Gasteiger partial charge in [0.05, 0.1) is 17.3 Å². The van der Waals surface area contributed by atoms with Crippen LogP contribution in [-0.2, 0) is 20.9 Å². The van der Waals surface area contributed by atoms with Crippen molar-refractivity contribution >= 4 is 33.4 Å². The van der Waals surface area contributed by atoms with E-state index in [4.69, 9.17) is 14.2 Å². The first-order valence-corrected chi connectivity index (χ1v) is 8.51. The molecule has 1 aromatic heterocycles. The zero-order valence-corrected chi connectivity index (χ0v) is 14.4. The predicted molar refractivity (Wildman–Crippen MR) is 88.0 cm³/mol. The molecule has 2 aromatic rings. The molecule has 2 heterocycles. The number of nitrogens with zero attached hydrogens (tertiary/aromatic N) is 2. The molecule has 8 heteroatoms. The number of ether oxygens (including phenoxy) is 3. The fraction of sp³-hybridized carbons (Fsp3) is 0.438. The number of carbonyl (C=O) groups is 2. The van der Waals surface area contributed by atoms with Crippen LogP contribution >= 0.6 is 11.3 Å². The number of aromatic nitrogens is 1. The number of carbonyl (C=O) groups excluding carboxylic acids is 2. The van der Waals surface area contributed by atoms with Crippen molar-refractivity contribution in [2.24, 2.45) is 4.99 Å². The predicted octanol–water partition coefficient (Wildman–Crippen LogP) is 2.22. The van der Waals surface area contributed by atoms with Gasteiger partial charge in [-0.1, -0.05) is 24.7 Å². The molecule has 24 heavy (non-hydrogen) atoms. The van der Waals surface area contributed by atoms with Gasteiger partial charge in [-0.15, -0.1) is 0 Å². The molecule has 0 N–H and O–H groups in total. The monoisotopic (exact) mass is 350 g/mol. The van der Waals surface area contributed by atoms with Crippen LogP contribution in [0.2, 0.25) is 0 Å². The summed E-state index contributed by atoms with van der Waals surface area (Å²) >= 11 is 1.34. The molecule has 0 saturated carbocycles. The van der Waals surface area contributed by atoms with Crippen LogP contribution < -0.4 is 14.3 Å². The Kier molecular flexibility index (Phi) is 4.84. The quantitative estimate of drug-likeness (QED) is 0.773. The van der Waals surface area contributed by atoms with E-state index in [9.17, 15) is 9.59 Å². The summed E-state index contributed by atoms with van der Waals surface area (Å²) in [5.74, 6) is 0.664. The fourth-order valence-electron chi connectivity index (χ4n) is 2.38. The summed E-state index contributed by atoms with van der Waals surface area (Å²) in [4.78, 5) is 28.4. The molecular weight excluding hydrogens is 332 g/mol. The Morgan fingerprint density at radius 1 is 1.33 bits per heavy atom. The number of esters is 1. The number of rotatable bonds is 5. The minimum Gasteiger partial charge on any atom is -0.468 e. The first-order valence-electron chi connectivity index (χ1n) is 7.69. The number of thiazole rings is 1. The first-order chi connectivity index (χ1) is 11.6. The molecule has 1 aliphatic heterocycles. The van der Waals surface area contributed by atoms with Crippen LogP contribution in [0.15, 0.2) is 17.1 Å². The van der Waals surface area contributed by atoms with Crippen molar-refractivity contribution in [3.63, 3.8) is 0 Å². The van der Waals surface area contributed by atoms with Gasteiger partial charge < -0.3 is 18.8 Å². The van der Waals surface area contributed by atoms with Crippen LogP contribution in [0.25, 0.3) is 10.2 Å². The highest BCUT2D eigenvalue weighted by molar-refractivity contribution is 7.16. The van der Waals surface area contributed by atoms with Crippen LogP contribution in [0.5, 0.6) is 11.5 Å². The van der Waals surface area contributed by atoms with Crippen LogP contribution in [0.4, 0.5) is 0 Å². The molecule has 0 bridgehead atoms. The van der Waals surface area contributed by atoms with Crippen molar-refractivity contribution in [1.82, 2.24) is 4.57 Å². The standard InChI is InChI=1S/C16H18N2O5S/c1-3-4-5-14(19)17-16-18(8-15(20)21-2)10-6-11-12(23-9-22-11)7-13(10)24-16/h6-7H,3-5,8-9H2,1-2H3. The van der Waals surface area contributed by atoms with E-state index < -0.39 is 5.97 Å². The second-order valence-electron chi connectivity index (χ2n) is 5.33. The Morgan fingerprint density at radius 3 is 2.79 bits per heavy atom. The molecule has 1 aromatic carbocycles. The van der Waals surface area contributed by atoms with E-state index in [1.807, 2.05) is 13.0 Å². The molecule has 0 saturated heterocycles. The Labute approximate surface area is 142 Å². The number of amides is 1. The van der Waals surface area contributed by atoms with Crippen molar-refractivity contribution in [2.45, 2.75) is 32.7 Å². The van der Waals surface area contributed by atoms with E-state index in [-0.39, 0.29) is 19.2 Å². The lowest BCUT2D eigenvalue weighted by Crippen LogP contribution is -2.22. The molecule has 128 valence electrons. The lowest BCUT2D eigenvalue weighted by molar-refractivity contribution is -0.141. The van der Waals surface area contributed by atoms with Gasteiger partial charge in [-0.3, -0.25) is 9.59 Å². The molecule has 0 fully saturated rings. The largest absolute Gasteiger partial charge is 0.468 e. The van der Waals surface area contributed by atoms with Gasteiger partial charge in [0.15, 0.2) is 16.3 Å². The zero-order valence-electron chi connectivity index (χ0n) is 13.5. The average molecular weight is 350 g/mol. The third kappa shape index (κ3) is 3.28. The number of methoxy groups -OCH3 is 1. The summed E-state index contributed by atoms with van der Waals surface area (Å²) in [6, 6.07) is 3.64. The Hall–Kier alpha value is -2.35. The molecular formula is C16H18N2O5S. The highest BCUT2D eigenvalue weighted by Gasteiger charge is 2.19. The summed E-state index contributed by atoms with van der Waals surface area (Å²) in [5.41, 5.74) is 0.761. The van der Waals surface area contributed by atoms with Gasteiger partial charge in [0.25, 0.3) is 0 Å². The topological polar surface area (TPSA) is 79.1 Å². The molecule has 7 nitrogen and oxygen atoms in total. The van der Waals surface area contributed by atoms with Crippen molar-refractivity contribution in [2.75, 3.05) is 13.9 Å². The second kappa shape index (κ2) is 7.04. The van der Waals surface area contributed by atoms with Crippen LogP contribution in [0.1, 0.15) is 26.2 Å². The van der Waals surface area contributed by atoms with Gasteiger partial charge in [-0.25, -0.2) is 0 Å². The van der Waals surface area contributed by atoms with Gasteiger partial charge in [-0.05, 0) is 6.42 Å². The smallest absolute Gasteiger partial charge is 0.325 e. The van der Waals surface area contributed by atoms with Gasteiger partial charge in [0.1, 0.15) is 6.54 Å². The molecule has 0 aliphatic carbocycles. The maximum Gasteiger partial charge on any atom is 0.325 e. The van der Waals surface area contributed by atoms with E-state index in [2.05, 4.69) is 4.99 Å². The highest BCUT2D eigenvalue weighted by Crippen LogP contribution is 2.36. The van der Waals surface area contributed by atoms with E-state index in [1.54, 1.807) is 10.6 Å². The zero-order chi connectivity index (χ0) is 17.1. The first kappa shape index (κ1) is 16.5. The summed E-state index contributed by atoms with van der Waals surface area (Å²) in [5, 5.41) is 0. The van der Waals surface area contributed by atoms with Crippen molar-refractivity contribution < 1.29 is 23.8 Å². The van der Waals surface area contributed by atoms with Gasteiger partial charge >= 0.3 is 5.97 Å². The van der Waals surface area contributed by atoms with Crippen molar-refractivity contribution in [3.05, 3.63) is 16.9 Å². The number of unbranched alkanes of at least 4 members (excludes halogenated alkanes) is 1. The molecule has 0 spiro atoms. The van der Waals surface area contributed by atoms with E-state index in [1.165, 1.54) is 18.4 Å². The number of hydrogen-bond donors (Lipinski definition) is 0. The molecule has 0 unspecified atom stereocenters. The van der Waals surface area contributed by atoms with Gasteiger partial charge in [0, 0.05) is 18.6 Å². The summed E-state index contributed by atoms with van der Waals surface area (Å²) in [6.45, 7) is 2.18. The fourth-order valence-corrected chi connectivity index (χ4v) is 3.44. The lowest BCUT2D eigenvalue weighted by atomic mass is 10.2. The Morgan fingerprint density at radius 2 is 2.08 bits per heavy atom.